The third-order valence-electron chi connectivity index (χ3n) is 6.54. The van der Waals surface area contributed by atoms with Gasteiger partial charge in [-0.05, 0) is 0 Å². The molecule has 3 heterocycles. The number of benzene rings is 2. The van der Waals surface area contributed by atoms with E-state index in [2.05, 4.69) is 35.8 Å². The van der Waals surface area contributed by atoms with E-state index in [1.807, 2.05) is 36.4 Å². The Kier molecular flexibility index (Phi) is 3.36. The number of fused-ring (bicyclic) bond motifs is 5. The first-order valence-corrected chi connectivity index (χ1v) is 15.7. The summed E-state index contributed by atoms with van der Waals surface area (Å²) < 4.78 is 5.46. The molecule has 130 valence electrons. The van der Waals surface area contributed by atoms with E-state index in [0.29, 0.717) is 0 Å². The molecule has 0 radical (unpaired) electrons. The van der Waals surface area contributed by atoms with Gasteiger partial charge >= 0.3 is 155 Å². The Hall–Kier alpha value is -2.14. The predicted octanol–water partition coefficient (Wildman–Crippen LogP) is 4.39. The molecule has 3 nitrogen and oxygen atoms in total. The summed E-state index contributed by atoms with van der Waals surface area (Å²) in [5, 5.41) is 0. The van der Waals surface area contributed by atoms with Crippen molar-refractivity contribution in [3.63, 3.8) is 0 Å². The number of esters is 2. The first kappa shape index (κ1) is 16.1. The van der Waals surface area contributed by atoms with E-state index in [0.717, 1.165) is 0 Å². The molecule has 3 aliphatic rings. The standard InChI is InChI=1S/C22H20GeO3/c1-23(2)19-15(13-9-5-3-6-10-13)16(14-11-7-4-8-12-14)20(23)18-17(19)21(24)26-22(18)25/h3-12,17-20H,1-2H3/t17-,18+,19-,20+. The molecule has 2 saturated heterocycles. The Morgan fingerprint density at radius 3 is 1.46 bits per heavy atom. The van der Waals surface area contributed by atoms with Crippen molar-refractivity contribution in [2.24, 2.45) is 11.8 Å². The van der Waals surface area contributed by atoms with Crippen LogP contribution in [0.3, 0.4) is 0 Å². The van der Waals surface area contributed by atoms with Crippen LogP contribution in [0.5, 0.6) is 0 Å². The molecule has 0 spiro atoms. The summed E-state index contributed by atoms with van der Waals surface area (Å²) in [6.45, 7) is 0. The van der Waals surface area contributed by atoms with Crippen LogP contribution in [0.25, 0.3) is 11.1 Å². The van der Waals surface area contributed by atoms with Crippen molar-refractivity contribution in [3.8, 4) is 0 Å². The van der Waals surface area contributed by atoms with Gasteiger partial charge in [0.05, 0.1) is 0 Å². The van der Waals surface area contributed by atoms with Crippen LogP contribution in [-0.4, -0.2) is 25.2 Å². The summed E-state index contributed by atoms with van der Waals surface area (Å²) in [6, 6.07) is 20.8. The van der Waals surface area contributed by atoms with Gasteiger partial charge in [-0.25, -0.2) is 0 Å². The van der Waals surface area contributed by atoms with Crippen LogP contribution in [0.4, 0.5) is 0 Å². The van der Waals surface area contributed by atoms with Crippen LogP contribution in [0, 0.1) is 11.8 Å². The topological polar surface area (TPSA) is 43.4 Å². The second-order valence-corrected chi connectivity index (χ2v) is 18.4. The molecule has 0 N–H and O–H groups in total. The molecule has 0 amide bonds. The van der Waals surface area contributed by atoms with Gasteiger partial charge in [-0.2, -0.15) is 0 Å². The molecule has 0 aromatic heterocycles. The van der Waals surface area contributed by atoms with Gasteiger partial charge in [-0.3, -0.25) is 0 Å². The number of hydrogen-bond donors (Lipinski definition) is 0. The average Bonchev–Trinajstić information content (AvgIpc) is 3.17. The summed E-state index contributed by atoms with van der Waals surface area (Å²) in [4.78, 5) is 25.1. The van der Waals surface area contributed by atoms with Gasteiger partial charge in [0.15, 0.2) is 0 Å². The molecule has 26 heavy (non-hydrogen) atoms. The Labute approximate surface area is 155 Å². The fraction of sp³-hybridized carbons (Fsp3) is 0.273. The van der Waals surface area contributed by atoms with E-state index >= 15 is 0 Å². The van der Waals surface area contributed by atoms with Gasteiger partial charge in [-0.15, -0.1) is 0 Å². The first-order valence-electron chi connectivity index (χ1n) is 9.12. The van der Waals surface area contributed by atoms with E-state index in [9.17, 15) is 9.59 Å². The fourth-order valence-electron chi connectivity index (χ4n) is 5.68. The maximum atomic E-state index is 12.5. The van der Waals surface area contributed by atoms with Crippen molar-refractivity contribution >= 4 is 36.4 Å². The first-order chi connectivity index (χ1) is 12.5. The molecule has 3 aliphatic heterocycles. The zero-order chi connectivity index (χ0) is 18.1. The Morgan fingerprint density at radius 1 is 0.692 bits per heavy atom. The monoisotopic (exact) mass is 406 g/mol. The molecule has 4 heteroatoms. The molecule has 0 unspecified atom stereocenters. The van der Waals surface area contributed by atoms with Crippen molar-refractivity contribution in [1.82, 2.24) is 0 Å². The van der Waals surface area contributed by atoms with Crippen molar-refractivity contribution in [2.45, 2.75) is 21.0 Å². The van der Waals surface area contributed by atoms with Gasteiger partial charge in [-0.1, -0.05) is 0 Å². The fourth-order valence-corrected chi connectivity index (χ4v) is 16.3. The zero-order valence-corrected chi connectivity index (χ0v) is 16.9. The van der Waals surface area contributed by atoms with Gasteiger partial charge < -0.3 is 0 Å². The molecule has 2 aromatic rings. The van der Waals surface area contributed by atoms with Gasteiger partial charge in [0.1, 0.15) is 0 Å². The summed E-state index contributed by atoms with van der Waals surface area (Å²) in [7, 11) is 0. The van der Waals surface area contributed by atoms with Crippen LogP contribution in [0.2, 0.25) is 21.0 Å². The van der Waals surface area contributed by atoms with E-state index in [4.69, 9.17) is 4.74 Å². The Bertz CT molecular complexity index is 870. The van der Waals surface area contributed by atoms with Crippen molar-refractivity contribution in [3.05, 3.63) is 71.8 Å². The number of ether oxygens (including phenoxy) is 1. The SMILES string of the molecule is [CH3][Ge]1([CH3])[C@@H]2C(c3ccccc3)=C(c3ccccc3)[C@H]1[C@H]1C(=O)OC(=O)[C@H]12. The normalized spacial score (nSPS) is 31.3. The number of carbonyl (C=O) groups is 2. The van der Waals surface area contributed by atoms with Crippen LogP contribution in [0.15, 0.2) is 60.7 Å². The average molecular weight is 405 g/mol. The summed E-state index contributed by atoms with van der Waals surface area (Å²) >= 11 is -2.51. The number of allylic oxidation sites excluding steroid dienone is 2. The Balaban J connectivity index is 1.81. The van der Waals surface area contributed by atoms with E-state index in [-0.39, 0.29) is 33.3 Å². The van der Waals surface area contributed by atoms with Crippen LogP contribution in [0.1, 0.15) is 11.1 Å². The number of rotatable bonds is 2. The molecule has 5 rings (SSSR count). The van der Waals surface area contributed by atoms with Crippen molar-refractivity contribution in [2.75, 3.05) is 0 Å². The van der Waals surface area contributed by atoms with E-state index in [1.54, 1.807) is 0 Å². The van der Waals surface area contributed by atoms with Crippen LogP contribution in [-0.2, 0) is 14.3 Å². The Morgan fingerprint density at radius 2 is 1.08 bits per heavy atom. The summed E-state index contributed by atoms with van der Waals surface area (Å²) in [6.07, 6.45) is 0. The number of carbonyl (C=O) groups excluding carboxylic acids is 2. The van der Waals surface area contributed by atoms with Crippen molar-refractivity contribution < 1.29 is 14.3 Å². The summed E-state index contributed by atoms with van der Waals surface area (Å²) in [5.41, 5.74) is 4.95. The van der Waals surface area contributed by atoms with Crippen molar-refractivity contribution in [1.29, 1.82) is 0 Å². The van der Waals surface area contributed by atoms with E-state index < -0.39 is 13.3 Å². The predicted molar refractivity (Wildman–Crippen MR) is 103 cm³/mol. The van der Waals surface area contributed by atoms with Crippen LogP contribution >= 0.6 is 0 Å². The summed E-state index contributed by atoms with van der Waals surface area (Å²) in [5.74, 6) is 3.62. The molecular weight excluding hydrogens is 385 g/mol. The second-order valence-electron chi connectivity index (χ2n) is 8.13. The number of cyclic esters (lactones) is 2. The third kappa shape index (κ3) is 1.95. The third-order valence-corrected chi connectivity index (χ3v) is 16.0. The molecule has 0 saturated carbocycles. The zero-order valence-electron chi connectivity index (χ0n) is 14.8. The number of hydrogen-bond acceptors (Lipinski definition) is 3. The minimum absolute atomic E-state index is 0.182. The molecule has 2 aromatic carbocycles. The van der Waals surface area contributed by atoms with Gasteiger partial charge in [0.25, 0.3) is 0 Å². The molecule has 0 aliphatic carbocycles. The second kappa shape index (κ2) is 5.43. The molecule has 4 atom stereocenters. The minimum atomic E-state index is -2.51. The molecule has 2 bridgehead atoms. The quantitative estimate of drug-likeness (QED) is 0.423. The molecule has 2 fully saturated rings. The van der Waals surface area contributed by atoms with Crippen LogP contribution < -0.4 is 0 Å². The van der Waals surface area contributed by atoms with Gasteiger partial charge in [0, 0.05) is 0 Å². The maximum absolute atomic E-state index is 12.5. The van der Waals surface area contributed by atoms with E-state index in [1.165, 1.54) is 22.3 Å². The molecular formula is C22H20GeO3. The van der Waals surface area contributed by atoms with Gasteiger partial charge in [0.2, 0.25) is 0 Å².